The summed E-state index contributed by atoms with van der Waals surface area (Å²) in [6.07, 6.45) is 7.37. The molecule has 2 saturated carbocycles. The van der Waals surface area contributed by atoms with Crippen LogP contribution in [-0.2, 0) is 0 Å². The number of ether oxygens (including phenoxy) is 2. The highest BCUT2D eigenvalue weighted by molar-refractivity contribution is 5.41. The molecule has 0 atom stereocenters. The fraction of sp³-hybridized carbons (Fsp3) is 0.625. The van der Waals surface area contributed by atoms with E-state index < -0.39 is 0 Å². The Balaban J connectivity index is 1.65. The maximum atomic E-state index is 14.2. The number of benzene rings is 1. The van der Waals surface area contributed by atoms with Gasteiger partial charge in [0.15, 0.2) is 11.6 Å². The van der Waals surface area contributed by atoms with Crippen LogP contribution in [0.2, 0.25) is 0 Å². The van der Waals surface area contributed by atoms with E-state index in [9.17, 15) is 4.39 Å². The van der Waals surface area contributed by atoms with Gasteiger partial charge in [0.1, 0.15) is 5.75 Å². The second-order valence-corrected chi connectivity index (χ2v) is 5.78. The zero-order valence-electron chi connectivity index (χ0n) is 11.5. The molecule has 2 fully saturated rings. The van der Waals surface area contributed by atoms with Crippen LogP contribution in [0.3, 0.4) is 0 Å². The van der Waals surface area contributed by atoms with Gasteiger partial charge in [-0.2, -0.15) is 0 Å². The molecular weight excluding hydrogens is 243 g/mol. The number of halogens is 1. The minimum atomic E-state index is -0.267. The first-order valence-electron chi connectivity index (χ1n) is 7.32. The fourth-order valence-electron chi connectivity index (χ4n) is 2.42. The van der Waals surface area contributed by atoms with Gasteiger partial charge in [0.25, 0.3) is 0 Å². The van der Waals surface area contributed by atoms with Gasteiger partial charge < -0.3 is 9.47 Å². The first-order chi connectivity index (χ1) is 9.24. The van der Waals surface area contributed by atoms with Gasteiger partial charge in [-0.1, -0.05) is 6.42 Å². The van der Waals surface area contributed by atoms with Gasteiger partial charge in [0.05, 0.1) is 12.7 Å². The molecule has 0 aliphatic heterocycles. The van der Waals surface area contributed by atoms with Crippen LogP contribution in [0.15, 0.2) is 12.1 Å². The Morgan fingerprint density at radius 3 is 2.37 bits per heavy atom. The number of rotatable bonds is 5. The van der Waals surface area contributed by atoms with Crippen molar-refractivity contribution in [3.05, 3.63) is 23.5 Å². The van der Waals surface area contributed by atoms with E-state index in [1.54, 1.807) is 13.0 Å². The van der Waals surface area contributed by atoms with Crippen LogP contribution in [0, 0.1) is 18.7 Å². The highest BCUT2D eigenvalue weighted by Crippen LogP contribution is 2.33. The molecule has 1 aromatic rings. The Morgan fingerprint density at radius 2 is 1.79 bits per heavy atom. The minimum Gasteiger partial charge on any atom is -0.490 e. The predicted octanol–water partition coefficient (Wildman–Crippen LogP) is 4.24. The largest absolute Gasteiger partial charge is 0.490 e. The molecule has 3 rings (SSSR count). The van der Waals surface area contributed by atoms with Crippen molar-refractivity contribution in [2.45, 2.75) is 51.6 Å². The monoisotopic (exact) mass is 264 g/mol. The lowest BCUT2D eigenvalue weighted by Crippen LogP contribution is -2.25. The van der Waals surface area contributed by atoms with Crippen molar-refractivity contribution in [3.8, 4) is 11.5 Å². The number of hydrogen-bond donors (Lipinski definition) is 0. The van der Waals surface area contributed by atoms with E-state index >= 15 is 0 Å². The van der Waals surface area contributed by atoms with E-state index in [2.05, 4.69) is 0 Å². The van der Waals surface area contributed by atoms with Crippen molar-refractivity contribution in [2.24, 2.45) is 5.92 Å². The van der Waals surface area contributed by atoms with Gasteiger partial charge in [-0.05, 0) is 57.1 Å². The van der Waals surface area contributed by atoms with E-state index in [1.807, 2.05) is 6.07 Å². The molecule has 0 saturated heterocycles. The summed E-state index contributed by atoms with van der Waals surface area (Å²) in [7, 11) is 0. The second kappa shape index (κ2) is 5.40. The third-order valence-corrected chi connectivity index (χ3v) is 4.35. The van der Waals surface area contributed by atoms with Gasteiger partial charge in [0, 0.05) is 5.56 Å². The van der Waals surface area contributed by atoms with Gasteiger partial charge >= 0.3 is 0 Å². The summed E-state index contributed by atoms with van der Waals surface area (Å²) in [6, 6.07) is 3.54. The molecule has 2 aliphatic rings. The molecule has 3 heteroatoms. The van der Waals surface area contributed by atoms with Crippen LogP contribution in [0.5, 0.6) is 11.5 Å². The fourth-order valence-corrected chi connectivity index (χ4v) is 2.42. The van der Waals surface area contributed by atoms with Crippen LogP contribution in [0.1, 0.15) is 44.1 Å². The molecule has 0 N–H and O–H groups in total. The van der Waals surface area contributed by atoms with Crippen LogP contribution >= 0.6 is 0 Å². The zero-order chi connectivity index (χ0) is 13.2. The minimum absolute atomic E-state index is 0.267. The SMILES string of the molecule is Cc1c(OC2CCC2)ccc(OCC2CCC2)c1F. The summed E-state index contributed by atoms with van der Waals surface area (Å²) in [5, 5.41) is 0. The maximum Gasteiger partial charge on any atom is 0.171 e. The first kappa shape index (κ1) is 12.8. The highest BCUT2D eigenvalue weighted by atomic mass is 19.1. The smallest absolute Gasteiger partial charge is 0.171 e. The molecular formula is C16H21FO2. The third kappa shape index (κ3) is 2.70. The average molecular weight is 264 g/mol. The Kier molecular flexibility index (Phi) is 3.63. The lowest BCUT2D eigenvalue weighted by atomic mass is 9.86. The molecule has 0 heterocycles. The van der Waals surface area contributed by atoms with Crippen LogP contribution in [0.25, 0.3) is 0 Å². The summed E-state index contributed by atoms with van der Waals surface area (Å²) < 4.78 is 25.6. The van der Waals surface area contributed by atoms with Crippen molar-refractivity contribution in [3.63, 3.8) is 0 Å². The molecule has 104 valence electrons. The summed E-state index contributed by atoms with van der Waals surface area (Å²) >= 11 is 0. The maximum absolute atomic E-state index is 14.2. The van der Waals surface area contributed by atoms with Crippen molar-refractivity contribution < 1.29 is 13.9 Å². The van der Waals surface area contributed by atoms with Crippen LogP contribution in [0.4, 0.5) is 4.39 Å². The topological polar surface area (TPSA) is 18.5 Å². The molecule has 0 amide bonds. The van der Waals surface area contributed by atoms with Gasteiger partial charge in [-0.3, -0.25) is 0 Å². The summed E-state index contributed by atoms with van der Waals surface area (Å²) in [5.74, 6) is 1.38. The highest BCUT2D eigenvalue weighted by Gasteiger charge is 2.22. The third-order valence-electron chi connectivity index (χ3n) is 4.35. The van der Waals surface area contributed by atoms with Crippen LogP contribution < -0.4 is 9.47 Å². The summed E-state index contributed by atoms with van der Waals surface area (Å²) in [4.78, 5) is 0. The molecule has 2 nitrogen and oxygen atoms in total. The lowest BCUT2D eigenvalue weighted by molar-refractivity contribution is 0.118. The van der Waals surface area contributed by atoms with Crippen molar-refractivity contribution in [2.75, 3.05) is 6.61 Å². The predicted molar refractivity (Wildman–Crippen MR) is 72.2 cm³/mol. The van der Waals surface area contributed by atoms with Gasteiger partial charge in [0.2, 0.25) is 0 Å². The molecule has 0 aromatic heterocycles. The standard InChI is InChI=1S/C16H21FO2/c1-11-14(19-13-6-3-7-13)8-9-15(16(11)17)18-10-12-4-2-5-12/h8-9,12-13H,2-7,10H2,1H3. The van der Waals surface area contributed by atoms with Gasteiger partial charge in [-0.15, -0.1) is 0 Å². The van der Waals surface area contributed by atoms with Crippen molar-refractivity contribution in [1.29, 1.82) is 0 Å². The molecule has 1 aromatic carbocycles. The molecule has 19 heavy (non-hydrogen) atoms. The molecule has 0 unspecified atom stereocenters. The Labute approximate surface area is 113 Å². The zero-order valence-corrected chi connectivity index (χ0v) is 11.5. The van der Waals surface area contributed by atoms with Crippen molar-refractivity contribution >= 4 is 0 Å². The normalized spacial score (nSPS) is 19.7. The molecule has 0 bridgehead atoms. The Bertz CT molecular complexity index is 450. The number of hydrogen-bond acceptors (Lipinski definition) is 2. The van der Waals surface area contributed by atoms with E-state index in [0.29, 0.717) is 29.6 Å². The quantitative estimate of drug-likeness (QED) is 0.791. The molecule has 0 radical (unpaired) electrons. The molecule has 2 aliphatic carbocycles. The summed E-state index contributed by atoms with van der Waals surface area (Å²) in [5.41, 5.74) is 0.568. The Hall–Kier alpha value is -1.25. The van der Waals surface area contributed by atoms with Gasteiger partial charge in [-0.25, -0.2) is 4.39 Å². The van der Waals surface area contributed by atoms with E-state index in [0.717, 1.165) is 12.8 Å². The lowest BCUT2D eigenvalue weighted by Gasteiger charge is -2.28. The average Bonchev–Trinajstić information content (AvgIpc) is 2.29. The van der Waals surface area contributed by atoms with E-state index in [-0.39, 0.29) is 11.9 Å². The van der Waals surface area contributed by atoms with E-state index in [1.165, 1.54) is 25.7 Å². The van der Waals surface area contributed by atoms with Crippen LogP contribution in [-0.4, -0.2) is 12.7 Å². The second-order valence-electron chi connectivity index (χ2n) is 5.78. The molecule has 0 spiro atoms. The summed E-state index contributed by atoms with van der Waals surface area (Å²) in [6.45, 7) is 2.40. The Morgan fingerprint density at radius 1 is 1.11 bits per heavy atom. The van der Waals surface area contributed by atoms with E-state index in [4.69, 9.17) is 9.47 Å². The first-order valence-corrected chi connectivity index (χ1v) is 7.32. The van der Waals surface area contributed by atoms with Crippen molar-refractivity contribution in [1.82, 2.24) is 0 Å².